The highest BCUT2D eigenvalue weighted by molar-refractivity contribution is 7.13. The van der Waals surface area contributed by atoms with Crippen molar-refractivity contribution in [1.29, 1.82) is 0 Å². The maximum absolute atomic E-state index is 11.9. The lowest BCUT2D eigenvalue weighted by Gasteiger charge is -2.19. The molecule has 16 heavy (non-hydrogen) atoms. The summed E-state index contributed by atoms with van der Waals surface area (Å²) in [6.45, 7) is 4.84. The van der Waals surface area contributed by atoms with Gasteiger partial charge in [-0.15, -0.1) is 11.3 Å². The minimum atomic E-state index is 0.0149. The van der Waals surface area contributed by atoms with Crippen LogP contribution in [0.15, 0.2) is 12.1 Å². The van der Waals surface area contributed by atoms with E-state index in [0.717, 1.165) is 29.2 Å². The number of aryl methyl sites for hydroxylation is 1. The van der Waals surface area contributed by atoms with E-state index in [1.165, 1.54) is 11.3 Å². The number of carbonyl (C=O) groups excluding carboxylic acids is 1. The predicted molar refractivity (Wildman–Crippen MR) is 65.0 cm³/mol. The van der Waals surface area contributed by atoms with Crippen molar-refractivity contribution in [2.24, 2.45) is 0 Å². The van der Waals surface area contributed by atoms with Gasteiger partial charge in [0.1, 0.15) is 0 Å². The van der Waals surface area contributed by atoms with Gasteiger partial charge in [-0.2, -0.15) is 0 Å². The minimum absolute atomic E-state index is 0.0149. The normalized spacial score (nSPS) is 22.0. The number of rotatable bonds is 3. The Kier molecular flexibility index (Phi) is 3.61. The molecule has 0 saturated carbocycles. The average Bonchev–Trinajstić information content (AvgIpc) is 2.87. The highest BCUT2D eigenvalue weighted by atomic mass is 32.1. The number of ether oxygens (including phenoxy) is 1. The maximum atomic E-state index is 11.9. The number of carbonyl (C=O) groups is 1. The summed E-state index contributed by atoms with van der Waals surface area (Å²) in [6, 6.07) is 3.94. The van der Waals surface area contributed by atoms with Crippen molar-refractivity contribution in [2.75, 3.05) is 6.61 Å². The van der Waals surface area contributed by atoms with Gasteiger partial charge in [-0.25, -0.2) is 0 Å². The molecule has 2 rings (SSSR count). The summed E-state index contributed by atoms with van der Waals surface area (Å²) in [7, 11) is 0. The first kappa shape index (κ1) is 11.6. The van der Waals surface area contributed by atoms with Crippen LogP contribution in [0.3, 0.4) is 0 Å². The molecule has 0 radical (unpaired) electrons. The summed E-state index contributed by atoms with van der Waals surface area (Å²) >= 11 is 1.53. The van der Waals surface area contributed by atoms with Crippen molar-refractivity contribution in [3.8, 4) is 0 Å². The Morgan fingerprint density at radius 1 is 1.62 bits per heavy atom. The first-order valence-electron chi connectivity index (χ1n) is 5.66. The molecule has 1 aromatic rings. The smallest absolute Gasteiger partial charge is 0.261 e. The van der Waals surface area contributed by atoms with Crippen molar-refractivity contribution in [2.45, 2.75) is 38.8 Å². The summed E-state index contributed by atoms with van der Waals surface area (Å²) in [4.78, 5) is 13.8. The van der Waals surface area contributed by atoms with E-state index < -0.39 is 0 Å². The second-order valence-corrected chi connectivity index (χ2v) is 5.51. The van der Waals surface area contributed by atoms with Crippen molar-refractivity contribution in [3.05, 3.63) is 21.9 Å². The van der Waals surface area contributed by atoms with E-state index in [9.17, 15) is 4.79 Å². The number of nitrogens with one attached hydrogen (secondary N) is 1. The van der Waals surface area contributed by atoms with Gasteiger partial charge >= 0.3 is 0 Å². The van der Waals surface area contributed by atoms with Gasteiger partial charge in [0.05, 0.1) is 17.0 Å². The molecule has 1 amide bonds. The molecule has 4 heteroatoms. The summed E-state index contributed by atoms with van der Waals surface area (Å²) < 4.78 is 5.55. The van der Waals surface area contributed by atoms with E-state index in [0.29, 0.717) is 0 Å². The minimum Gasteiger partial charge on any atom is -0.376 e. The molecule has 0 aromatic carbocycles. The Labute approximate surface area is 99.8 Å². The van der Waals surface area contributed by atoms with Crippen LogP contribution >= 0.6 is 11.3 Å². The molecule has 3 nitrogen and oxygen atoms in total. The van der Waals surface area contributed by atoms with Gasteiger partial charge in [0.2, 0.25) is 0 Å². The van der Waals surface area contributed by atoms with E-state index in [-0.39, 0.29) is 18.1 Å². The van der Waals surface area contributed by atoms with Crippen LogP contribution in [0.25, 0.3) is 0 Å². The average molecular weight is 239 g/mol. The lowest BCUT2D eigenvalue weighted by atomic mass is 10.1. The second kappa shape index (κ2) is 4.97. The molecule has 0 spiro atoms. The molecule has 1 aliphatic heterocycles. The molecule has 1 fully saturated rings. The quantitative estimate of drug-likeness (QED) is 0.879. The van der Waals surface area contributed by atoms with Gasteiger partial charge in [-0.1, -0.05) is 0 Å². The van der Waals surface area contributed by atoms with E-state index in [1.54, 1.807) is 0 Å². The Balaban J connectivity index is 1.91. The maximum Gasteiger partial charge on any atom is 0.261 e. The van der Waals surface area contributed by atoms with Crippen LogP contribution < -0.4 is 5.32 Å². The van der Waals surface area contributed by atoms with Crippen molar-refractivity contribution in [1.82, 2.24) is 5.32 Å². The van der Waals surface area contributed by atoms with Gasteiger partial charge < -0.3 is 10.1 Å². The van der Waals surface area contributed by atoms with Crippen molar-refractivity contribution in [3.63, 3.8) is 0 Å². The van der Waals surface area contributed by atoms with E-state index in [4.69, 9.17) is 4.74 Å². The van der Waals surface area contributed by atoms with Crippen LogP contribution in [0.5, 0.6) is 0 Å². The van der Waals surface area contributed by atoms with Gasteiger partial charge in [-0.05, 0) is 38.8 Å². The fourth-order valence-electron chi connectivity index (χ4n) is 1.92. The number of amides is 1. The first-order chi connectivity index (χ1) is 7.66. The lowest BCUT2D eigenvalue weighted by molar-refractivity contribution is 0.0714. The summed E-state index contributed by atoms with van der Waals surface area (Å²) in [5.74, 6) is 0.0149. The Morgan fingerprint density at radius 2 is 2.44 bits per heavy atom. The van der Waals surface area contributed by atoms with Crippen LogP contribution in [-0.2, 0) is 4.74 Å². The molecule has 2 atom stereocenters. The topological polar surface area (TPSA) is 38.3 Å². The van der Waals surface area contributed by atoms with Crippen LogP contribution in [-0.4, -0.2) is 24.7 Å². The van der Waals surface area contributed by atoms with E-state index >= 15 is 0 Å². The zero-order valence-corrected chi connectivity index (χ0v) is 10.5. The summed E-state index contributed by atoms with van der Waals surface area (Å²) in [5, 5.41) is 3.00. The van der Waals surface area contributed by atoms with Gasteiger partial charge in [0.25, 0.3) is 5.91 Å². The Hall–Kier alpha value is -0.870. The molecule has 1 N–H and O–H groups in total. The molecule has 0 bridgehead atoms. The Morgan fingerprint density at radius 3 is 3.00 bits per heavy atom. The van der Waals surface area contributed by atoms with Gasteiger partial charge in [0, 0.05) is 11.5 Å². The zero-order valence-electron chi connectivity index (χ0n) is 9.66. The third-order valence-corrected chi connectivity index (χ3v) is 3.84. The predicted octanol–water partition coefficient (Wildman–Crippen LogP) is 2.35. The lowest BCUT2D eigenvalue weighted by Crippen LogP contribution is -2.40. The highest BCUT2D eigenvalue weighted by Gasteiger charge is 2.24. The molecular formula is C12H17NO2S. The summed E-state index contributed by atoms with van der Waals surface area (Å²) in [5.41, 5.74) is 0. The van der Waals surface area contributed by atoms with E-state index in [2.05, 4.69) is 5.32 Å². The fourth-order valence-corrected chi connectivity index (χ4v) is 2.69. The van der Waals surface area contributed by atoms with E-state index in [1.807, 2.05) is 26.0 Å². The SMILES string of the molecule is Cc1ccc(C(=O)NC(C)C2CCCO2)s1. The molecule has 1 aromatic heterocycles. The number of thiophene rings is 1. The van der Waals surface area contributed by atoms with Crippen LogP contribution in [0.1, 0.15) is 34.3 Å². The van der Waals surface area contributed by atoms with Crippen LogP contribution in [0.4, 0.5) is 0 Å². The molecule has 1 aliphatic rings. The molecular weight excluding hydrogens is 222 g/mol. The number of hydrogen-bond donors (Lipinski definition) is 1. The van der Waals surface area contributed by atoms with Crippen molar-refractivity contribution < 1.29 is 9.53 Å². The molecule has 1 saturated heterocycles. The fraction of sp³-hybridized carbons (Fsp3) is 0.583. The third kappa shape index (κ3) is 2.62. The highest BCUT2D eigenvalue weighted by Crippen LogP contribution is 2.18. The molecule has 2 unspecified atom stereocenters. The number of hydrogen-bond acceptors (Lipinski definition) is 3. The van der Waals surface area contributed by atoms with Gasteiger partial charge in [0.15, 0.2) is 0 Å². The van der Waals surface area contributed by atoms with Crippen molar-refractivity contribution >= 4 is 17.2 Å². The Bertz CT molecular complexity index is 369. The monoisotopic (exact) mass is 239 g/mol. The first-order valence-corrected chi connectivity index (χ1v) is 6.47. The standard InChI is InChI=1S/C12H17NO2S/c1-8-5-6-11(16-8)12(14)13-9(2)10-4-3-7-15-10/h5-6,9-10H,3-4,7H2,1-2H3,(H,13,14). The van der Waals surface area contributed by atoms with Gasteiger partial charge in [-0.3, -0.25) is 4.79 Å². The summed E-state index contributed by atoms with van der Waals surface area (Å²) in [6.07, 6.45) is 2.33. The second-order valence-electron chi connectivity index (χ2n) is 4.22. The molecule has 88 valence electrons. The third-order valence-electron chi connectivity index (χ3n) is 2.85. The largest absolute Gasteiger partial charge is 0.376 e. The zero-order chi connectivity index (χ0) is 11.5. The molecule has 2 heterocycles. The molecule has 0 aliphatic carbocycles. The van der Waals surface area contributed by atoms with Crippen LogP contribution in [0.2, 0.25) is 0 Å². The van der Waals surface area contributed by atoms with Crippen LogP contribution in [0, 0.1) is 6.92 Å².